The fraction of sp³-hybridized carbons (Fsp3) is 0.471. The summed E-state index contributed by atoms with van der Waals surface area (Å²) in [6, 6.07) is 21.4. The summed E-state index contributed by atoms with van der Waals surface area (Å²) in [5, 5.41) is 19.0. The standard InChI is InChI=1S/C51H69N13O3/c1-7-13-16-34(10-4)31-52-43(65)37-19-25-40(26-20-37)55-46-58-49-60-47(56-41-27-21-38(22-28-41)44(66)53-32-35(11-5)17-14-8-2)62-51-63-48(61-50(59-46)64(49)51)57-42-29-23-39(24-30-42)45(67)54-33-36(12-6)18-15-9-3/h19-30,34-36H,7-18,31-33H2,1-6H3,(H,52,65)(H,53,66)(H,54,67)(H3,55,56,57,58,59,60,61,62,63). The molecule has 3 aliphatic heterocycles. The Morgan fingerprint density at radius 2 is 0.687 bits per heavy atom. The zero-order valence-corrected chi connectivity index (χ0v) is 40.1. The first-order valence-electron chi connectivity index (χ1n) is 24.4. The van der Waals surface area contributed by atoms with Gasteiger partial charge in [-0.3, -0.25) is 14.4 Å². The summed E-state index contributed by atoms with van der Waals surface area (Å²) >= 11 is 0. The van der Waals surface area contributed by atoms with Crippen LogP contribution >= 0.6 is 0 Å². The number of aliphatic imine (C=N–C) groups is 6. The van der Waals surface area contributed by atoms with E-state index in [4.69, 9.17) is 30.0 Å². The van der Waals surface area contributed by atoms with Crippen LogP contribution in [0.5, 0.6) is 0 Å². The molecule has 3 amide bonds. The fourth-order valence-corrected chi connectivity index (χ4v) is 7.80. The van der Waals surface area contributed by atoms with Crippen molar-refractivity contribution in [2.24, 2.45) is 47.7 Å². The number of carbonyl (C=O) groups is 3. The van der Waals surface area contributed by atoms with E-state index in [0.29, 0.717) is 71.1 Å². The largest absolute Gasteiger partial charge is 0.352 e. The van der Waals surface area contributed by atoms with E-state index in [2.05, 4.69) is 73.4 Å². The molecule has 356 valence electrons. The maximum atomic E-state index is 13.0. The highest BCUT2D eigenvalue weighted by atomic mass is 16.2. The zero-order valence-electron chi connectivity index (χ0n) is 40.1. The quantitative estimate of drug-likeness (QED) is 0.0514. The topological polar surface area (TPSA) is 201 Å². The van der Waals surface area contributed by atoms with Gasteiger partial charge in [0, 0.05) is 53.4 Å². The van der Waals surface area contributed by atoms with Crippen LogP contribution in [-0.2, 0) is 0 Å². The molecule has 16 heteroatoms. The molecule has 6 rings (SSSR count). The van der Waals surface area contributed by atoms with E-state index in [1.165, 1.54) is 0 Å². The van der Waals surface area contributed by atoms with Crippen molar-refractivity contribution in [2.75, 3.05) is 35.6 Å². The van der Waals surface area contributed by atoms with Crippen LogP contribution in [0.25, 0.3) is 0 Å². The second kappa shape index (κ2) is 25.3. The second-order valence-electron chi connectivity index (χ2n) is 17.4. The SMILES string of the molecule is CCCCC(CC)CNC(=O)c1ccc(NC2=NC3=NC(Nc4ccc(C(=O)NCC(CC)CCCC)cc4)=NC4=NC(Nc5ccc(C(=O)NCC(CC)CCCC)cc5)=NC(=N2)N34)cc1. The average molecular weight is 912 g/mol. The highest BCUT2D eigenvalue weighted by Crippen LogP contribution is 2.22. The van der Waals surface area contributed by atoms with Gasteiger partial charge in [-0.25, -0.2) is 4.90 Å². The van der Waals surface area contributed by atoms with Gasteiger partial charge < -0.3 is 31.9 Å². The van der Waals surface area contributed by atoms with E-state index in [9.17, 15) is 14.4 Å². The summed E-state index contributed by atoms with van der Waals surface area (Å²) in [6.45, 7) is 15.0. The molecule has 3 atom stereocenters. The first-order chi connectivity index (χ1) is 32.6. The Labute approximate surface area is 395 Å². The third-order valence-corrected chi connectivity index (χ3v) is 12.3. The molecule has 0 fully saturated rings. The van der Waals surface area contributed by atoms with Crippen molar-refractivity contribution in [3.63, 3.8) is 0 Å². The molecule has 0 bridgehead atoms. The third kappa shape index (κ3) is 14.4. The van der Waals surface area contributed by atoms with E-state index < -0.39 is 0 Å². The Morgan fingerprint density at radius 3 is 0.925 bits per heavy atom. The summed E-state index contributed by atoms with van der Waals surface area (Å²) in [7, 11) is 0. The van der Waals surface area contributed by atoms with Crippen LogP contribution in [0, 0.1) is 17.8 Å². The summed E-state index contributed by atoms with van der Waals surface area (Å²) in [5.41, 5.74) is 3.63. The van der Waals surface area contributed by atoms with Gasteiger partial charge in [-0.15, -0.1) is 0 Å². The van der Waals surface area contributed by atoms with Crippen LogP contribution in [0.2, 0.25) is 0 Å². The van der Waals surface area contributed by atoms with E-state index in [1.54, 1.807) is 77.7 Å². The molecule has 0 aliphatic carbocycles. The number of hydrogen-bond acceptors (Lipinski definition) is 13. The smallest absolute Gasteiger partial charge is 0.251 e. The fourth-order valence-electron chi connectivity index (χ4n) is 7.80. The predicted octanol–water partition coefficient (Wildman–Crippen LogP) is 9.64. The maximum Gasteiger partial charge on any atom is 0.251 e. The number of unbranched alkanes of at least 4 members (excludes halogenated alkanes) is 3. The number of carbonyl (C=O) groups excluding carboxylic acids is 3. The van der Waals surface area contributed by atoms with Gasteiger partial charge in [0.15, 0.2) is 0 Å². The molecular formula is C51H69N13O3. The molecule has 0 saturated heterocycles. The lowest BCUT2D eigenvalue weighted by molar-refractivity contribution is 0.0937. The molecule has 0 spiro atoms. The van der Waals surface area contributed by atoms with Crippen molar-refractivity contribution >= 4 is 70.5 Å². The Kier molecular flexibility index (Phi) is 18.8. The van der Waals surface area contributed by atoms with Crippen molar-refractivity contribution in [1.29, 1.82) is 0 Å². The monoisotopic (exact) mass is 912 g/mol. The first kappa shape index (κ1) is 49.7. The first-order valence-corrected chi connectivity index (χ1v) is 24.4. The summed E-state index contributed by atoms with van der Waals surface area (Å²) < 4.78 is 0. The Morgan fingerprint density at radius 1 is 0.418 bits per heavy atom. The summed E-state index contributed by atoms with van der Waals surface area (Å²) in [6.07, 6.45) is 13.2. The van der Waals surface area contributed by atoms with Crippen LogP contribution in [0.4, 0.5) is 17.1 Å². The minimum Gasteiger partial charge on any atom is -0.352 e. The average Bonchev–Trinajstić information content (AvgIpc) is 3.34. The minimum atomic E-state index is -0.117. The molecule has 3 aromatic rings. The van der Waals surface area contributed by atoms with Gasteiger partial charge in [0.05, 0.1) is 0 Å². The number of anilines is 3. The van der Waals surface area contributed by atoms with E-state index in [1.807, 2.05) is 0 Å². The Balaban J connectivity index is 1.19. The van der Waals surface area contributed by atoms with Gasteiger partial charge in [-0.05, 0) is 110 Å². The molecule has 0 saturated carbocycles. The molecule has 3 heterocycles. The molecule has 0 aromatic heterocycles. The molecule has 67 heavy (non-hydrogen) atoms. The predicted molar refractivity (Wildman–Crippen MR) is 274 cm³/mol. The third-order valence-electron chi connectivity index (χ3n) is 12.3. The van der Waals surface area contributed by atoms with Crippen LogP contribution < -0.4 is 31.9 Å². The lowest BCUT2D eigenvalue weighted by Crippen LogP contribution is -2.49. The van der Waals surface area contributed by atoms with Crippen LogP contribution in [0.3, 0.4) is 0 Å². The number of hydrogen-bond donors (Lipinski definition) is 6. The highest BCUT2D eigenvalue weighted by Gasteiger charge is 2.35. The molecule has 6 N–H and O–H groups in total. The van der Waals surface area contributed by atoms with Crippen molar-refractivity contribution in [2.45, 2.75) is 119 Å². The van der Waals surface area contributed by atoms with E-state index >= 15 is 0 Å². The minimum absolute atomic E-state index is 0.117. The van der Waals surface area contributed by atoms with Crippen LogP contribution in [-0.4, -0.2) is 78.0 Å². The van der Waals surface area contributed by atoms with Gasteiger partial charge in [0.25, 0.3) is 17.7 Å². The molecule has 3 aliphatic rings. The van der Waals surface area contributed by atoms with Crippen molar-refractivity contribution in [1.82, 2.24) is 20.9 Å². The molecule has 0 radical (unpaired) electrons. The van der Waals surface area contributed by atoms with Crippen LogP contribution in [0.15, 0.2) is 103 Å². The number of nitrogens with zero attached hydrogens (tertiary/aromatic N) is 7. The molecule has 3 aromatic carbocycles. The number of amides is 3. The van der Waals surface area contributed by atoms with Gasteiger partial charge in [-0.2, -0.15) is 30.0 Å². The lowest BCUT2D eigenvalue weighted by atomic mass is 9.99. The van der Waals surface area contributed by atoms with Crippen LogP contribution in [0.1, 0.15) is 150 Å². The van der Waals surface area contributed by atoms with Gasteiger partial charge >= 0.3 is 0 Å². The van der Waals surface area contributed by atoms with Gasteiger partial charge in [-0.1, -0.05) is 99.3 Å². The number of guanidine groups is 6. The summed E-state index contributed by atoms with van der Waals surface area (Å²) in [5.74, 6) is 2.29. The highest BCUT2D eigenvalue weighted by molar-refractivity contribution is 6.32. The lowest BCUT2D eigenvalue weighted by Gasteiger charge is -2.30. The Bertz CT molecular complexity index is 2070. The van der Waals surface area contributed by atoms with Crippen molar-refractivity contribution in [3.8, 4) is 0 Å². The molecule has 3 unspecified atom stereocenters. The van der Waals surface area contributed by atoms with E-state index in [0.717, 1.165) is 77.0 Å². The van der Waals surface area contributed by atoms with Gasteiger partial charge in [0.1, 0.15) is 0 Å². The molecule has 16 nitrogen and oxygen atoms in total. The maximum absolute atomic E-state index is 13.0. The van der Waals surface area contributed by atoms with Crippen molar-refractivity contribution < 1.29 is 14.4 Å². The molecular weight excluding hydrogens is 843 g/mol. The second-order valence-corrected chi connectivity index (χ2v) is 17.4. The number of benzene rings is 3. The summed E-state index contributed by atoms with van der Waals surface area (Å²) in [4.78, 5) is 69.0. The van der Waals surface area contributed by atoms with E-state index in [-0.39, 0.29) is 53.5 Å². The number of rotatable bonds is 24. The number of nitrogens with one attached hydrogen (secondary N) is 6. The van der Waals surface area contributed by atoms with Crippen molar-refractivity contribution in [3.05, 3.63) is 89.5 Å². The van der Waals surface area contributed by atoms with Gasteiger partial charge in [0.2, 0.25) is 35.8 Å². The Hall–Kier alpha value is -6.71. The zero-order chi connectivity index (χ0) is 47.5. The normalized spacial score (nSPS) is 15.2.